The van der Waals surface area contributed by atoms with Gasteiger partial charge in [-0.2, -0.15) is 0 Å². The molecule has 7 heteroatoms. The fourth-order valence-electron chi connectivity index (χ4n) is 3.64. The van der Waals surface area contributed by atoms with Gasteiger partial charge in [0.2, 0.25) is 5.91 Å². The number of nitrogens with zero attached hydrogens (tertiary/aromatic N) is 1. The lowest BCUT2D eigenvalue weighted by molar-refractivity contribution is -0.129. The lowest BCUT2D eigenvalue weighted by atomic mass is 9.94. The first kappa shape index (κ1) is 22.2. The molecule has 160 valence electrons. The number of benzene rings is 2. The number of thioether (sulfide) groups is 1. The van der Waals surface area contributed by atoms with Gasteiger partial charge in [-0.05, 0) is 37.1 Å². The minimum atomic E-state index is -0.547. The molecule has 1 aliphatic carbocycles. The van der Waals surface area contributed by atoms with E-state index in [0.717, 1.165) is 17.7 Å². The summed E-state index contributed by atoms with van der Waals surface area (Å²) in [5, 5.41) is 2.71. The highest BCUT2D eigenvalue weighted by Crippen LogP contribution is 2.27. The van der Waals surface area contributed by atoms with Crippen molar-refractivity contribution in [2.75, 3.05) is 25.2 Å². The van der Waals surface area contributed by atoms with E-state index < -0.39 is 5.82 Å². The number of hydrogen-bond acceptors (Lipinski definition) is 4. The molecule has 3 rings (SSSR count). The number of rotatable bonds is 7. The van der Waals surface area contributed by atoms with Gasteiger partial charge in [0.1, 0.15) is 0 Å². The normalized spacial score (nSPS) is 14.2. The van der Waals surface area contributed by atoms with Gasteiger partial charge in [0.05, 0.1) is 18.4 Å². The fourth-order valence-corrected chi connectivity index (χ4v) is 4.61. The van der Waals surface area contributed by atoms with Crippen LogP contribution in [0.1, 0.15) is 42.5 Å². The van der Waals surface area contributed by atoms with Crippen molar-refractivity contribution in [2.24, 2.45) is 0 Å². The Morgan fingerprint density at radius 2 is 1.90 bits per heavy atom. The number of amides is 2. The molecule has 5 nitrogen and oxygen atoms in total. The topological polar surface area (TPSA) is 58.6 Å². The van der Waals surface area contributed by atoms with Gasteiger partial charge in [0.25, 0.3) is 5.91 Å². The Morgan fingerprint density at radius 1 is 1.17 bits per heavy atom. The van der Waals surface area contributed by atoms with Crippen LogP contribution < -0.4 is 10.1 Å². The summed E-state index contributed by atoms with van der Waals surface area (Å²) in [6, 6.07) is 11.7. The number of carbonyl (C=O) groups is 2. The molecule has 0 spiro atoms. The minimum Gasteiger partial charge on any atom is -0.494 e. The zero-order chi connectivity index (χ0) is 21.5. The highest BCUT2D eigenvalue weighted by atomic mass is 32.2. The fraction of sp³-hybridized carbons (Fsp3) is 0.391. The maximum absolute atomic E-state index is 13.9. The van der Waals surface area contributed by atoms with Gasteiger partial charge in [-0.1, -0.05) is 31.4 Å². The van der Waals surface area contributed by atoms with E-state index in [9.17, 15) is 14.0 Å². The van der Waals surface area contributed by atoms with E-state index in [1.165, 1.54) is 50.3 Å². The van der Waals surface area contributed by atoms with Crippen LogP contribution in [-0.2, 0) is 4.79 Å². The van der Waals surface area contributed by atoms with Crippen molar-refractivity contribution in [1.82, 2.24) is 4.90 Å². The number of nitrogens with one attached hydrogen (secondary N) is 1. The largest absolute Gasteiger partial charge is 0.494 e. The summed E-state index contributed by atoms with van der Waals surface area (Å²) in [5.41, 5.74) is 0.790. The van der Waals surface area contributed by atoms with Crippen LogP contribution in [0.2, 0.25) is 0 Å². The van der Waals surface area contributed by atoms with Crippen molar-refractivity contribution in [3.05, 3.63) is 53.8 Å². The Labute approximate surface area is 181 Å². The maximum atomic E-state index is 13.9. The molecule has 0 saturated heterocycles. The summed E-state index contributed by atoms with van der Waals surface area (Å²) >= 11 is 1.35. The standard InChI is InChI=1S/C23H27FN2O3S/c1-26(17-8-4-3-5-9-17)22(27)15-30-21-11-7-6-10-18(21)23(28)25-16-12-13-20(29-2)19(24)14-16/h6-7,10-14,17H,3-5,8-9,15H2,1-2H3,(H,25,28). The molecule has 0 radical (unpaired) electrons. The molecule has 0 aromatic heterocycles. The van der Waals surface area contributed by atoms with Crippen LogP contribution in [0.5, 0.6) is 5.75 Å². The van der Waals surface area contributed by atoms with Gasteiger partial charge in [0.15, 0.2) is 11.6 Å². The molecule has 2 amide bonds. The van der Waals surface area contributed by atoms with Crippen molar-refractivity contribution in [1.29, 1.82) is 0 Å². The molecule has 2 aromatic carbocycles. The summed E-state index contributed by atoms with van der Waals surface area (Å²) in [5.74, 6) is -0.442. The van der Waals surface area contributed by atoms with E-state index in [1.807, 2.05) is 24.1 Å². The minimum absolute atomic E-state index is 0.0688. The van der Waals surface area contributed by atoms with Crippen LogP contribution in [0.25, 0.3) is 0 Å². The van der Waals surface area contributed by atoms with Gasteiger partial charge in [-0.25, -0.2) is 4.39 Å². The molecular formula is C23H27FN2O3S. The summed E-state index contributed by atoms with van der Waals surface area (Å²) in [4.78, 5) is 28.0. The first-order chi connectivity index (χ1) is 14.5. The van der Waals surface area contributed by atoms with Crippen molar-refractivity contribution < 1.29 is 18.7 Å². The predicted molar refractivity (Wildman–Crippen MR) is 118 cm³/mol. The van der Waals surface area contributed by atoms with E-state index in [2.05, 4.69) is 5.32 Å². The van der Waals surface area contributed by atoms with Crippen LogP contribution in [-0.4, -0.2) is 42.7 Å². The average molecular weight is 431 g/mol. The summed E-state index contributed by atoms with van der Waals surface area (Å²) in [6.45, 7) is 0. The van der Waals surface area contributed by atoms with Crippen LogP contribution in [0, 0.1) is 5.82 Å². The second kappa shape index (κ2) is 10.5. The average Bonchev–Trinajstić information content (AvgIpc) is 2.77. The summed E-state index contributed by atoms with van der Waals surface area (Å²) in [6.07, 6.45) is 5.71. The molecule has 0 bridgehead atoms. The third-order valence-corrected chi connectivity index (χ3v) is 6.47. The lowest BCUT2D eigenvalue weighted by Gasteiger charge is -2.31. The Kier molecular flexibility index (Phi) is 7.74. The quantitative estimate of drug-likeness (QED) is 0.630. The molecule has 2 aromatic rings. The van der Waals surface area contributed by atoms with E-state index in [4.69, 9.17) is 4.74 Å². The number of ether oxygens (including phenoxy) is 1. The zero-order valence-corrected chi connectivity index (χ0v) is 18.1. The molecule has 0 aliphatic heterocycles. The molecule has 1 N–H and O–H groups in total. The van der Waals surface area contributed by atoms with Crippen molar-refractivity contribution in [3.63, 3.8) is 0 Å². The molecule has 0 unspecified atom stereocenters. The van der Waals surface area contributed by atoms with Gasteiger partial charge >= 0.3 is 0 Å². The molecular weight excluding hydrogens is 403 g/mol. The highest BCUT2D eigenvalue weighted by molar-refractivity contribution is 8.00. The second-order valence-electron chi connectivity index (χ2n) is 7.38. The van der Waals surface area contributed by atoms with Gasteiger partial charge in [0, 0.05) is 29.7 Å². The molecule has 0 heterocycles. The number of carbonyl (C=O) groups excluding carboxylic acids is 2. The third-order valence-electron chi connectivity index (χ3n) is 5.41. The van der Waals surface area contributed by atoms with Gasteiger partial charge < -0.3 is 15.0 Å². The molecule has 1 aliphatic rings. The van der Waals surface area contributed by atoms with Gasteiger partial charge in [-0.3, -0.25) is 9.59 Å². The van der Waals surface area contributed by atoms with E-state index in [-0.39, 0.29) is 23.3 Å². The molecule has 1 fully saturated rings. The molecule has 0 atom stereocenters. The monoisotopic (exact) mass is 430 g/mol. The van der Waals surface area contributed by atoms with Gasteiger partial charge in [-0.15, -0.1) is 11.8 Å². The Bertz CT molecular complexity index is 900. The van der Waals surface area contributed by atoms with Crippen molar-refractivity contribution >= 4 is 29.3 Å². The zero-order valence-electron chi connectivity index (χ0n) is 17.3. The number of halogens is 1. The van der Waals surface area contributed by atoms with Crippen LogP contribution in [0.3, 0.4) is 0 Å². The van der Waals surface area contributed by atoms with E-state index in [1.54, 1.807) is 18.2 Å². The number of hydrogen-bond donors (Lipinski definition) is 1. The molecule has 1 saturated carbocycles. The Balaban J connectivity index is 1.64. The van der Waals surface area contributed by atoms with Crippen LogP contribution in [0.15, 0.2) is 47.4 Å². The SMILES string of the molecule is COc1ccc(NC(=O)c2ccccc2SCC(=O)N(C)C2CCCCC2)cc1F. The first-order valence-electron chi connectivity index (χ1n) is 10.1. The number of anilines is 1. The van der Waals surface area contributed by atoms with Crippen molar-refractivity contribution in [2.45, 2.75) is 43.0 Å². The van der Waals surface area contributed by atoms with E-state index in [0.29, 0.717) is 17.3 Å². The Hall–Kier alpha value is -2.54. The third kappa shape index (κ3) is 5.53. The first-order valence-corrected chi connectivity index (χ1v) is 11.1. The predicted octanol–water partition coefficient (Wildman–Crippen LogP) is 4.97. The second-order valence-corrected chi connectivity index (χ2v) is 8.40. The smallest absolute Gasteiger partial charge is 0.256 e. The van der Waals surface area contributed by atoms with Crippen LogP contribution >= 0.6 is 11.8 Å². The van der Waals surface area contributed by atoms with Crippen LogP contribution in [0.4, 0.5) is 10.1 Å². The van der Waals surface area contributed by atoms with Crippen molar-refractivity contribution in [3.8, 4) is 5.75 Å². The molecule has 30 heavy (non-hydrogen) atoms. The summed E-state index contributed by atoms with van der Waals surface area (Å²) in [7, 11) is 3.26. The lowest BCUT2D eigenvalue weighted by Crippen LogP contribution is -2.39. The van der Waals surface area contributed by atoms with E-state index >= 15 is 0 Å². The maximum Gasteiger partial charge on any atom is 0.256 e. The number of methoxy groups -OCH3 is 1. The Morgan fingerprint density at radius 3 is 2.60 bits per heavy atom. The summed E-state index contributed by atoms with van der Waals surface area (Å²) < 4.78 is 18.8. The highest BCUT2D eigenvalue weighted by Gasteiger charge is 2.22.